The first-order chi connectivity index (χ1) is 13.6. The summed E-state index contributed by atoms with van der Waals surface area (Å²) in [6.07, 6.45) is 2.29. The van der Waals surface area contributed by atoms with Crippen LogP contribution >= 0.6 is 24.8 Å². The topological polar surface area (TPSA) is 87.5 Å². The predicted octanol–water partition coefficient (Wildman–Crippen LogP) is 4.10. The number of anilines is 2. The van der Waals surface area contributed by atoms with Gasteiger partial charge in [0.15, 0.2) is 0 Å². The number of para-hydroxylation sites is 1. The lowest BCUT2D eigenvalue weighted by Gasteiger charge is -2.23. The molecule has 2 rings (SSSR count). The Morgan fingerprint density at radius 3 is 2.23 bits per heavy atom. The number of nitrogens with zero attached hydrogens (tertiary/aromatic N) is 1. The van der Waals surface area contributed by atoms with Crippen LogP contribution in [0.4, 0.5) is 11.4 Å². The fourth-order valence-electron chi connectivity index (χ4n) is 2.91. The van der Waals surface area contributed by atoms with E-state index in [4.69, 9.17) is 5.73 Å². The zero-order chi connectivity index (χ0) is 20.4. The molecule has 0 fully saturated rings. The maximum Gasteiger partial charge on any atom is 0.255 e. The zero-order valence-electron chi connectivity index (χ0n) is 17.5. The van der Waals surface area contributed by atoms with E-state index in [9.17, 15) is 9.59 Å². The van der Waals surface area contributed by atoms with Crippen LogP contribution in [0.3, 0.4) is 0 Å². The number of hydrogen-bond donors (Lipinski definition) is 3. The number of nitrogens with one attached hydrogen (secondary N) is 2. The lowest BCUT2D eigenvalue weighted by molar-refractivity contribution is 0.0955. The average molecular weight is 455 g/mol. The van der Waals surface area contributed by atoms with Gasteiger partial charge in [-0.15, -0.1) is 24.8 Å². The van der Waals surface area contributed by atoms with Gasteiger partial charge in [-0.3, -0.25) is 9.59 Å². The second-order valence-electron chi connectivity index (χ2n) is 6.52. The Bertz CT molecular complexity index is 785. The van der Waals surface area contributed by atoms with Gasteiger partial charge in [-0.25, -0.2) is 0 Å². The Morgan fingerprint density at radius 2 is 1.63 bits per heavy atom. The molecule has 2 aromatic carbocycles. The molecule has 0 aliphatic heterocycles. The molecule has 6 nitrogen and oxygen atoms in total. The van der Waals surface area contributed by atoms with Gasteiger partial charge in [0.25, 0.3) is 11.8 Å². The van der Waals surface area contributed by atoms with Crippen molar-refractivity contribution >= 4 is 48.0 Å². The van der Waals surface area contributed by atoms with Gasteiger partial charge in [-0.2, -0.15) is 0 Å². The second-order valence-corrected chi connectivity index (χ2v) is 6.52. The largest absolute Gasteiger partial charge is 0.372 e. The van der Waals surface area contributed by atoms with Gasteiger partial charge < -0.3 is 21.3 Å². The van der Waals surface area contributed by atoms with Crippen molar-refractivity contribution in [3.05, 3.63) is 59.7 Å². The van der Waals surface area contributed by atoms with Crippen molar-refractivity contribution in [2.24, 2.45) is 5.73 Å². The van der Waals surface area contributed by atoms with Crippen LogP contribution in [0.15, 0.2) is 48.5 Å². The van der Waals surface area contributed by atoms with E-state index in [1.54, 1.807) is 24.3 Å². The van der Waals surface area contributed by atoms with Crippen molar-refractivity contribution in [2.75, 3.05) is 36.4 Å². The Hall–Kier alpha value is -2.28. The number of unbranched alkanes of at least 4 members (excludes halogenated alkanes) is 1. The van der Waals surface area contributed by atoms with E-state index in [1.165, 1.54) is 0 Å². The normalized spacial score (nSPS) is 9.70. The third-order valence-corrected chi connectivity index (χ3v) is 4.51. The number of hydrogen-bond acceptors (Lipinski definition) is 4. The molecule has 0 saturated heterocycles. The number of benzene rings is 2. The molecule has 0 aromatic heterocycles. The molecule has 2 amide bonds. The lowest BCUT2D eigenvalue weighted by Crippen LogP contribution is -2.30. The van der Waals surface area contributed by atoms with E-state index in [2.05, 4.69) is 29.4 Å². The Balaban J connectivity index is 0.00000420. The highest BCUT2D eigenvalue weighted by Crippen LogP contribution is 2.19. The van der Waals surface area contributed by atoms with Crippen molar-refractivity contribution < 1.29 is 9.59 Å². The van der Waals surface area contributed by atoms with E-state index in [0.717, 1.165) is 31.6 Å². The Morgan fingerprint density at radius 1 is 0.967 bits per heavy atom. The monoisotopic (exact) mass is 454 g/mol. The van der Waals surface area contributed by atoms with E-state index in [1.807, 2.05) is 24.3 Å². The standard InChI is InChI=1S/C22H30N4O2.2ClH/c1-3-5-16-26(4-2)18-12-10-17(11-13-18)21(27)25-20-9-7-6-8-19(20)22(28)24-15-14-23;;/h6-13H,3-5,14-16,23H2,1-2H3,(H,24,28)(H,25,27);2*1H. The molecule has 4 N–H and O–H groups in total. The first kappa shape index (κ1) is 27.7. The van der Waals surface area contributed by atoms with Gasteiger partial charge in [0, 0.05) is 37.4 Å². The molecule has 166 valence electrons. The van der Waals surface area contributed by atoms with Crippen LogP contribution in [0.25, 0.3) is 0 Å². The van der Waals surface area contributed by atoms with Gasteiger partial charge in [-0.05, 0) is 49.7 Å². The number of carbonyl (C=O) groups excluding carboxylic acids is 2. The number of carbonyl (C=O) groups is 2. The molecular weight excluding hydrogens is 423 g/mol. The van der Waals surface area contributed by atoms with Crippen LogP contribution in [-0.2, 0) is 0 Å². The summed E-state index contributed by atoms with van der Waals surface area (Å²) in [5.41, 5.74) is 7.98. The number of nitrogens with two attached hydrogens (primary N) is 1. The van der Waals surface area contributed by atoms with Crippen molar-refractivity contribution in [2.45, 2.75) is 26.7 Å². The highest BCUT2D eigenvalue weighted by atomic mass is 35.5. The molecule has 0 spiro atoms. The summed E-state index contributed by atoms with van der Waals surface area (Å²) < 4.78 is 0. The Labute approximate surface area is 191 Å². The van der Waals surface area contributed by atoms with Gasteiger partial charge in [0.05, 0.1) is 11.3 Å². The van der Waals surface area contributed by atoms with E-state index >= 15 is 0 Å². The smallest absolute Gasteiger partial charge is 0.255 e. The number of rotatable bonds is 10. The summed E-state index contributed by atoms with van der Waals surface area (Å²) >= 11 is 0. The predicted molar refractivity (Wildman–Crippen MR) is 130 cm³/mol. The minimum atomic E-state index is -0.258. The van der Waals surface area contributed by atoms with E-state index < -0.39 is 0 Å². The van der Waals surface area contributed by atoms with Crippen LogP contribution in [0.2, 0.25) is 0 Å². The fourth-order valence-corrected chi connectivity index (χ4v) is 2.91. The van der Waals surface area contributed by atoms with Crippen LogP contribution in [0.5, 0.6) is 0 Å². The molecule has 8 heteroatoms. The molecule has 0 radical (unpaired) electrons. The van der Waals surface area contributed by atoms with E-state index in [0.29, 0.717) is 29.9 Å². The van der Waals surface area contributed by atoms with Crippen LogP contribution in [0.1, 0.15) is 47.4 Å². The third-order valence-electron chi connectivity index (χ3n) is 4.51. The second kappa shape index (κ2) is 14.7. The summed E-state index contributed by atoms with van der Waals surface area (Å²) in [6, 6.07) is 14.5. The molecule has 0 unspecified atom stereocenters. The maximum absolute atomic E-state index is 12.6. The van der Waals surface area contributed by atoms with Crippen LogP contribution < -0.4 is 21.3 Å². The molecule has 0 atom stereocenters. The van der Waals surface area contributed by atoms with Gasteiger partial charge in [0.2, 0.25) is 0 Å². The maximum atomic E-state index is 12.6. The van der Waals surface area contributed by atoms with Crippen LogP contribution in [-0.4, -0.2) is 38.0 Å². The summed E-state index contributed by atoms with van der Waals surface area (Å²) in [7, 11) is 0. The molecule has 2 aromatic rings. The third kappa shape index (κ3) is 7.86. The molecule has 0 saturated carbocycles. The number of amides is 2. The molecule has 0 aliphatic carbocycles. The number of halogens is 2. The minimum Gasteiger partial charge on any atom is -0.372 e. The van der Waals surface area contributed by atoms with Crippen molar-refractivity contribution in [3.63, 3.8) is 0 Å². The quantitative estimate of drug-likeness (QED) is 0.504. The summed E-state index contributed by atoms with van der Waals surface area (Å²) in [5, 5.41) is 5.56. The molecule has 0 bridgehead atoms. The highest BCUT2D eigenvalue weighted by Gasteiger charge is 2.14. The van der Waals surface area contributed by atoms with Gasteiger partial charge in [0.1, 0.15) is 0 Å². The van der Waals surface area contributed by atoms with Crippen LogP contribution in [0, 0.1) is 0 Å². The highest BCUT2D eigenvalue weighted by molar-refractivity contribution is 6.09. The summed E-state index contributed by atoms with van der Waals surface area (Å²) in [6.45, 7) is 6.98. The average Bonchev–Trinajstić information content (AvgIpc) is 2.73. The minimum absolute atomic E-state index is 0. The van der Waals surface area contributed by atoms with E-state index in [-0.39, 0.29) is 36.6 Å². The summed E-state index contributed by atoms with van der Waals surface area (Å²) in [5.74, 6) is -0.506. The molecule has 0 aliphatic rings. The molecular formula is C22H32Cl2N4O2. The lowest BCUT2D eigenvalue weighted by atomic mass is 10.1. The first-order valence-corrected chi connectivity index (χ1v) is 9.84. The molecule has 30 heavy (non-hydrogen) atoms. The van der Waals surface area contributed by atoms with Gasteiger partial charge >= 0.3 is 0 Å². The zero-order valence-corrected chi connectivity index (χ0v) is 19.2. The molecule has 0 heterocycles. The SMILES string of the molecule is CCCCN(CC)c1ccc(C(=O)Nc2ccccc2C(=O)NCCN)cc1.Cl.Cl. The summed E-state index contributed by atoms with van der Waals surface area (Å²) in [4.78, 5) is 27.2. The van der Waals surface area contributed by atoms with Crippen molar-refractivity contribution in [3.8, 4) is 0 Å². The first-order valence-electron chi connectivity index (χ1n) is 9.84. The van der Waals surface area contributed by atoms with Crippen molar-refractivity contribution in [1.82, 2.24) is 5.32 Å². The van der Waals surface area contributed by atoms with Crippen molar-refractivity contribution in [1.29, 1.82) is 0 Å². The van der Waals surface area contributed by atoms with Gasteiger partial charge in [-0.1, -0.05) is 25.5 Å². The fraction of sp³-hybridized carbons (Fsp3) is 0.364. The Kier molecular flexibility index (Phi) is 13.5.